The van der Waals surface area contributed by atoms with Gasteiger partial charge in [0, 0.05) is 29.7 Å². The molecular formula is C18H28IN3OS. The number of aromatic nitrogens is 2. The first-order valence-electron chi connectivity index (χ1n) is 9.09. The summed E-state index contributed by atoms with van der Waals surface area (Å²) in [5.41, 5.74) is 1.67. The smallest absolute Gasteiger partial charge is 0.123 e. The summed E-state index contributed by atoms with van der Waals surface area (Å²) in [6.07, 6.45) is 3.68. The van der Waals surface area contributed by atoms with Crippen molar-refractivity contribution >= 4 is 33.6 Å². The van der Waals surface area contributed by atoms with Gasteiger partial charge < -0.3 is 0 Å². The topological polar surface area (TPSA) is 38.1 Å². The second-order valence-corrected chi connectivity index (χ2v) is 12.4. The SMILES string of the molecule is CC(C)n1nc(I)cc1C1C2CC3(CCN3[S@@](=O)C(C)(C)C)CC21. The maximum Gasteiger partial charge on any atom is 0.123 e. The van der Waals surface area contributed by atoms with Crippen LogP contribution in [0.2, 0.25) is 0 Å². The van der Waals surface area contributed by atoms with Gasteiger partial charge in [-0.2, -0.15) is 5.10 Å². The predicted octanol–water partition coefficient (Wildman–Crippen LogP) is 4.10. The van der Waals surface area contributed by atoms with Crippen molar-refractivity contribution in [1.82, 2.24) is 14.1 Å². The van der Waals surface area contributed by atoms with E-state index in [1.807, 2.05) is 0 Å². The Morgan fingerprint density at radius 2 is 1.96 bits per heavy atom. The Bertz CT molecular complexity index is 681. The molecule has 2 heterocycles. The van der Waals surface area contributed by atoms with Crippen LogP contribution in [0.5, 0.6) is 0 Å². The first-order chi connectivity index (χ1) is 11.1. The van der Waals surface area contributed by atoms with Gasteiger partial charge >= 0.3 is 0 Å². The molecule has 6 heteroatoms. The highest BCUT2D eigenvalue weighted by molar-refractivity contribution is 14.1. The predicted molar refractivity (Wildman–Crippen MR) is 106 cm³/mol. The van der Waals surface area contributed by atoms with Gasteiger partial charge in [0.2, 0.25) is 0 Å². The van der Waals surface area contributed by atoms with Gasteiger partial charge in [-0.15, -0.1) is 0 Å². The van der Waals surface area contributed by atoms with Crippen LogP contribution in [0, 0.1) is 15.5 Å². The van der Waals surface area contributed by atoms with Gasteiger partial charge in [0.05, 0.1) is 4.75 Å². The molecule has 3 aliphatic rings. The minimum absolute atomic E-state index is 0.147. The van der Waals surface area contributed by atoms with Crippen molar-refractivity contribution in [2.24, 2.45) is 11.8 Å². The fourth-order valence-corrected chi connectivity index (χ4v) is 7.02. The molecule has 4 rings (SSSR count). The van der Waals surface area contributed by atoms with E-state index >= 15 is 0 Å². The number of fused-ring (bicyclic) bond motifs is 1. The van der Waals surface area contributed by atoms with Crippen molar-refractivity contribution in [1.29, 1.82) is 0 Å². The molecule has 4 nitrogen and oxygen atoms in total. The molecule has 1 aromatic heterocycles. The van der Waals surface area contributed by atoms with Crippen molar-refractivity contribution in [3.8, 4) is 0 Å². The molecule has 134 valence electrons. The molecule has 2 saturated carbocycles. The average molecular weight is 461 g/mol. The van der Waals surface area contributed by atoms with E-state index in [1.54, 1.807) is 0 Å². The van der Waals surface area contributed by atoms with Crippen LogP contribution in [-0.2, 0) is 11.0 Å². The van der Waals surface area contributed by atoms with Crippen molar-refractivity contribution < 1.29 is 4.21 Å². The largest absolute Gasteiger partial charge is 0.266 e. The number of halogens is 1. The van der Waals surface area contributed by atoms with Crippen LogP contribution < -0.4 is 0 Å². The molecular weight excluding hydrogens is 433 g/mol. The zero-order valence-electron chi connectivity index (χ0n) is 15.3. The molecule has 0 radical (unpaired) electrons. The van der Waals surface area contributed by atoms with Gasteiger partial charge in [-0.1, -0.05) is 0 Å². The van der Waals surface area contributed by atoms with Crippen LogP contribution in [-0.4, -0.2) is 35.1 Å². The van der Waals surface area contributed by atoms with E-state index in [4.69, 9.17) is 0 Å². The Labute approximate surface area is 161 Å². The first-order valence-corrected chi connectivity index (χ1v) is 11.3. The third-order valence-corrected chi connectivity index (χ3v) is 8.71. The molecule has 2 aliphatic carbocycles. The van der Waals surface area contributed by atoms with Gasteiger partial charge in [0.1, 0.15) is 14.7 Å². The Morgan fingerprint density at radius 3 is 2.42 bits per heavy atom. The molecule has 1 spiro atoms. The second-order valence-electron chi connectivity index (χ2n) is 9.13. The molecule has 0 aromatic carbocycles. The summed E-state index contributed by atoms with van der Waals surface area (Å²) >= 11 is 2.33. The van der Waals surface area contributed by atoms with Crippen LogP contribution in [0.15, 0.2) is 6.07 Å². The van der Waals surface area contributed by atoms with Gasteiger partial charge in [-0.05, 0) is 94.4 Å². The minimum Gasteiger partial charge on any atom is -0.266 e. The van der Waals surface area contributed by atoms with E-state index in [-0.39, 0.29) is 10.3 Å². The lowest BCUT2D eigenvalue weighted by atomic mass is 9.81. The number of rotatable bonds is 3. The summed E-state index contributed by atoms with van der Waals surface area (Å²) in [7, 11) is -0.868. The van der Waals surface area contributed by atoms with Gasteiger partial charge in [0.25, 0.3) is 0 Å². The Hall–Kier alpha value is 0.0500. The summed E-state index contributed by atoms with van der Waals surface area (Å²) in [5, 5.41) is 4.69. The molecule has 0 N–H and O–H groups in total. The first kappa shape index (κ1) is 17.5. The maximum absolute atomic E-state index is 12.8. The molecule has 3 atom stereocenters. The lowest BCUT2D eigenvalue weighted by Crippen LogP contribution is -2.62. The summed E-state index contributed by atoms with van der Waals surface area (Å²) in [4.78, 5) is 0. The third-order valence-electron chi connectivity index (χ3n) is 6.16. The van der Waals surface area contributed by atoms with E-state index in [0.29, 0.717) is 12.0 Å². The molecule has 0 bridgehead atoms. The van der Waals surface area contributed by atoms with Crippen molar-refractivity contribution in [3.63, 3.8) is 0 Å². The molecule has 1 aromatic rings. The highest BCUT2D eigenvalue weighted by Crippen LogP contribution is 2.69. The zero-order valence-corrected chi connectivity index (χ0v) is 18.2. The fourth-order valence-electron chi connectivity index (χ4n) is 4.96. The van der Waals surface area contributed by atoms with Crippen LogP contribution >= 0.6 is 22.6 Å². The van der Waals surface area contributed by atoms with E-state index in [2.05, 4.69) is 77.4 Å². The molecule has 0 amide bonds. The number of nitrogens with zero attached hydrogens (tertiary/aromatic N) is 3. The Kier molecular flexibility index (Phi) is 4.02. The van der Waals surface area contributed by atoms with Crippen molar-refractivity contribution in [2.45, 2.75) is 76.1 Å². The minimum atomic E-state index is -0.868. The number of hydrogen-bond acceptors (Lipinski definition) is 2. The van der Waals surface area contributed by atoms with Gasteiger partial charge in [-0.25, -0.2) is 8.51 Å². The summed E-state index contributed by atoms with van der Waals surface area (Å²) in [6.45, 7) is 11.7. The third kappa shape index (κ3) is 2.54. The molecule has 3 fully saturated rings. The Balaban J connectivity index is 1.50. The summed E-state index contributed by atoms with van der Waals surface area (Å²) in [6, 6.07) is 2.70. The maximum atomic E-state index is 12.8. The quantitative estimate of drug-likeness (QED) is 0.636. The van der Waals surface area contributed by atoms with E-state index in [0.717, 1.165) is 22.1 Å². The molecule has 1 aliphatic heterocycles. The normalized spacial score (nSPS) is 36.9. The van der Waals surface area contributed by atoms with Crippen LogP contribution in [0.4, 0.5) is 0 Å². The van der Waals surface area contributed by atoms with Gasteiger partial charge in [-0.3, -0.25) is 4.68 Å². The highest BCUT2D eigenvalue weighted by atomic mass is 127. The van der Waals surface area contributed by atoms with Crippen LogP contribution in [0.25, 0.3) is 0 Å². The molecule has 2 unspecified atom stereocenters. The lowest BCUT2D eigenvalue weighted by Gasteiger charge is -2.52. The molecule has 1 saturated heterocycles. The monoisotopic (exact) mass is 461 g/mol. The molecule has 24 heavy (non-hydrogen) atoms. The summed E-state index contributed by atoms with van der Waals surface area (Å²) < 4.78 is 18.4. The zero-order chi connectivity index (χ0) is 17.4. The van der Waals surface area contributed by atoms with Gasteiger partial charge in [0.15, 0.2) is 0 Å². The van der Waals surface area contributed by atoms with Crippen LogP contribution in [0.3, 0.4) is 0 Å². The fraction of sp³-hybridized carbons (Fsp3) is 0.833. The number of hydrogen-bond donors (Lipinski definition) is 0. The second kappa shape index (κ2) is 5.52. The van der Waals surface area contributed by atoms with E-state index < -0.39 is 11.0 Å². The van der Waals surface area contributed by atoms with Crippen molar-refractivity contribution in [2.75, 3.05) is 6.54 Å². The highest BCUT2D eigenvalue weighted by Gasteiger charge is 2.67. The average Bonchev–Trinajstić information content (AvgIpc) is 2.84. The summed E-state index contributed by atoms with van der Waals surface area (Å²) in [5.74, 6) is 2.23. The van der Waals surface area contributed by atoms with E-state index in [9.17, 15) is 4.21 Å². The standard InChI is InChI=1S/C18H28IN3OS/c1-11(2)22-14(8-15(19)20-22)16-12-9-18(10-13(12)16)6-7-21(18)24(23)17(3,4)5/h8,11-13,16H,6-7,9-10H2,1-5H3/t12?,13?,16?,18?,24-/m0/s1. The van der Waals surface area contributed by atoms with Crippen LogP contribution in [0.1, 0.15) is 71.5 Å². The van der Waals surface area contributed by atoms with Crippen molar-refractivity contribution in [3.05, 3.63) is 15.5 Å². The van der Waals surface area contributed by atoms with E-state index in [1.165, 1.54) is 25.0 Å². The Morgan fingerprint density at radius 1 is 1.33 bits per heavy atom. The lowest BCUT2D eigenvalue weighted by molar-refractivity contribution is 0.0668.